The highest BCUT2D eigenvalue weighted by Crippen LogP contribution is 2.25. The fourth-order valence-electron chi connectivity index (χ4n) is 3.01. The van der Waals surface area contributed by atoms with E-state index in [1.54, 1.807) is 7.11 Å². The van der Waals surface area contributed by atoms with Crippen molar-refractivity contribution in [3.8, 4) is 5.75 Å². The van der Waals surface area contributed by atoms with Crippen LogP contribution in [-0.4, -0.2) is 47.6 Å². The van der Waals surface area contributed by atoms with Gasteiger partial charge < -0.3 is 19.9 Å². The molecule has 0 fully saturated rings. The Morgan fingerprint density at radius 1 is 1.16 bits per heavy atom. The SMILES string of the molecule is COc1ccc(C(CNc2nc(C)nc3[nH]c(C)cc23)N(C)C)cc1. The van der Waals surface area contributed by atoms with Crippen molar-refractivity contribution in [1.29, 1.82) is 0 Å². The quantitative estimate of drug-likeness (QED) is 0.721. The number of anilines is 1. The summed E-state index contributed by atoms with van der Waals surface area (Å²) in [5.74, 6) is 2.49. The standard InChI is InChI=1S/C19H25N5O/c1-12-10-16-18(22-13(2)23-19(16)21-12)20-11-17(24(3)4)14-6-8-15(25-5)9-7-14/h6-10,17H,11H2,1-5H3,(H2,20,21,22,23). The molecule has 3 rings (SSSR count). The average molecular weight is 339 g/mol. The first-order chi connectivity index (χ1) is 12.0. The molecule has 1 atom stereocenters. The molecule has 2 aromatic heterocycles. The number of fused-ring (bicyclic) bond motifs is 1. The Morgan fingerprint density at radius 2 is 1.88 bits per heavy atom. The zero-order valence-corrected chi connectivity index (χ0v) is 15.4. The zero-order chi connectivity index (χ0) is 18.0. The van der Waals surface area contributed by atoms with E-state index in [0.29, 0.717) is 0 Å². The number of hydrogen-bond acceptors (Lipinski definition) is 5. The van der Waals surface area contributed by atoms with Gasteiger partial charge >= 0.3 is 0 Å². The minimum Gasteiger partial charge on any atom is -0.497 e. The van der Waals surface area contributed by atoms with Crippen LogP contribution in [0, 0.1) is 13.8 Å². The van der Waals surface area contributed by atoms with E-state index in [2.05, 4.69) is 57.5 Å². The normalized spacial score (nSPS) is 12.6. The second kappa shape index (κ2) is 7.11. The highest BCUT2D eigenvalue weighted by atomic mass is 16.5. The molecule has 1 unspecified atom stereocenters. The molecule has 2 heterocycles. The minimum atomic E-state index is 0.219. The van der Waals surface area contributed by atoms with Crippen LogP contribution in [0.5, 0.6) is 5.75 Å². The molecular formula is C19H25N5O. The molecule has 0 aliphatic carbocycles. The lowest BCUT2D eigenvalue weighted by Gasteiger charge is -2.25. The van der Waals surface area contributed by atoms with Crippen molar-refractivity contribution in [2.75, 3.05) is 33.1 Å². The van der Waals surface area contributed by atoms with Gasteiger partial charge in [0.25, 0.3) is 0 Å². The summed E-state index contributed by atoms with van der Waals surface area (Å²) in [4.78, 5) is 14.5. The van der Waals surface area contributed by atoms with Crippen molar-refractivity contribution in [3.05, 3.63) is 47.4 Å². The average Bonchev–Trinajstić information content (AvgIpc) is 2.95. The highest BCUT2D eigenvalue weighted by Gasteiger charge is 2.16. The smallest absolute Gasteiger partial charge is 0.143 e. The molecule has 0 amide bonds. The molecule has 0 spiro atoms. The van der Waals surface area contributed by atoms with Crippen LogP contribution in [0.3, 0.4) is 0 Å². The van der Waals surface area contributed by atoms with E-state index in [-0.39, 0.29) is 6.04 Å². The maximum absolute atomic E-state index is 5.25. The molecule has 2 N–H and O–H groups in total. The van der Waals surface area contributed by atoms with Crippen LogP contribution < -0.4 is 10.1 Å². The van der Waals surface area contributed by atoms with Gasteiger partial charge in [-0.1, -0.05) is 12.1 Å². The van der Waals surface area contributed by atoms with Crippen LogP contribution in [-0.2, 0) is 0 Å². The fourth-order valence-corrected chi connectivity index (χ4v) is 3.01. The first-order valence-electron chi connectivity index (χ1n) is 8.36. The summed E-state index contributed by atoms with van der Waals surface area (Å²) in [6.45, 7) is 4.68. The van der Waals surface area contributed by atoms with Crippen molar-refractivity contribution in [2.45, 2.75) is 19.9 Å². The van der Waals surface area contributed by atoms with E-state index < -0.39 is 0 Å². The number of hydrogen-bond donors (Lipinski definition) is 2. The first kappa shape index (κ1) is 17.2. The second-order valence-corrected chi connectivity index (χ2v) is 6.47. The number of methoxy groups -OCH3 is 1. The number of ether oxygens (including phenoxy) is 1. The maximum Gasteiger partial charge on any atom is 0.143 e. The maximum atomic E-state index is 5.25. The summed E-state index contributed by atoms with van der Waals surface area (Å²) in [6.07, 6.45) is 0. The van der Waals surface area contributed by atoms with Gasteiger partial charge in [0.05, 0.1) is 18.5 Å². The Kier molecular flexibility index (Phi) is 4.90. The van der Waals surface area contributed by atoms with Crippen LogP contribution in [0.15, 0.2) is 30.3 Å². The topological polar surface area (TPSA) is 66.1 Å². The van der Waals surface area contributed by atoms with Gasteiger partial charge in [0.2, 0.25) is 0 Å². The molecule has 132 valence electrons. The Hall–Kier alpha value is -2.60. The van der Waals surface area contributed by atoms with Crippen LogP contribution in [0.4, 0.5) is 5.82 Å². The molecule has 0 aliphatic heterocycles. The first-order valence-corrected chi connectivity index (χ1v) is 8.36. The molecule has 0 saturated heterocycles. The van der Waals surface area contributed by atoms with Gasteiger partial charge in [-0.25, -0.2) is 9.97 Å². The van der Waals surface area contributed by atoms with Crippen LogP contribution in [0.1, 0.15) is 23.1 Å². The van der Waals surface area contributed by atoms with Gasteiger partial charge in [-0.15, -0.1) is 0 Å². The van der Waals surface area contributed by atoms with E-state index in [1.807, 2.05) is 26.0 Å². The van der Waals surface area contributed by atoms with Gasteiger partial charge in [0.1, 0.15) is 23.0 Å². The van der Waals surface area contributed by atoms with Gasteiger partial charge in [0.15, 0.2) is 0 Å². The van der Waals surface area contributed by atoms with Crippen molar-refractivity contribution >= 4 is 16.9 Å². The summed E-state index contributed by atoms with van der Waals surface area (Å²) >= 11 is 0. The van der Waals surface area contributed by atoms with Crippen LogP contribution in [0.2, 0.25) is 0 Å². The lowest BCUT2D eigenvalue weighted by Crippen LogP contribution is -2.27. The molecule has 6 nitrogen and oxygen atoms in total. The Morgan fingerprint density at radius 3 is 2.52 bits per heavy atom. The highest BCUT2D eigenvalue weighted by molar-refractivity contribution is 5.87. The Labute approximate surface area is 148 Å². The van der Waals surface area contributed by atoms with Crippen LogP contribution >= 0.6 is 0 Å². The lowest BCUT2D eigenvalue weighted by atomic mass is 10.1. The summed E-state index contributed by atoms with van der Waals surface area (Å²) in [6, 6.07) is 10.5. The summed E-state index contributed by atoms with van der Waals surface area (Å²) in [5, 5.41) is 4.53. The van der Waals surface area contributed by atoms with Crippen molar-refractivity contribution in [2.24, 2.45) is 0 Å². The molecule has 0 aliphatic rings. The molecule has 1 aromatic carbocycles. The summed E-state index contributed by atoms with van der Waals surface area (Å²) < 4.78 is 5.25. The van der Waals surface area contributed by atoms with E-state index in [4.69, 9.17) is 4.74 Å². The van der Waals surface area contributed by atoms with Gasteiger partial charge in [-0.05, 0) is 51.7 Å². The number of nitrogens with one attached hydrogen (secondary N) is 2. The lowest BCUT2D eigenvalue weighted by molar-refractivity contribution is 0.311. The van der Waals surface area contributed by atoms with E-state index >= 15 is 0 Å². The van der Waals surface area contributed by atoms with E-state index in [9.17, 15) is 0 Å². The third-order valence-electron chi connectivity index (χ3n) is 4.32. The molecule has 3 aromatic rings. The minimum absolute atomic E-state index is 0.219. The number of benzene rings is 1. The number of rotatable bonds is 6. The number of aryl methyl sites for hydroxylation is 2. The predicted molar refractivity (Wildman–Crippen MR) is 101 cm³/mol. The summed E-state index contributed by atoms with van der Waals surface area (Å²) in [5.41, 5.74) is 3.18. The molecule has 6 heteroatoms. The third kappa shape index (κ3) is 3.74. The zero-order valence-electron chi connectivity index (χ0n) is 15.4. The van der Waals surface area contributed by atoms with Crippen molar-refractivity contribution < 1.29 is 4.74 Å². The molecule has 0 bridgehead atoms. The monoisotopic (exact) mass is 339 g/mol. The molecule has 0 saturated carbocycles. The van der Waals surface area contributed by atoms with Crippen LogP contribution in [0.25, 0.3) is 11.0 Å². The Bertz CT molecular complexity index is 854. The number of likely N-dealkylation sites (N-methyl/N-ethyl adjacent to an activating group) is 1. The van der Waals surface area contributed by atoms with Gasteiger partial charge in [-0.3, -0.25) is 0 Å². The number of H-pyrrole nitrogens is 1. The predicted octanol–water partition coefficient (Wildman–Crippen LogP) is 3.30. The van der Waals surface area contributed by atoms with Gasteiger partial charge in [-0.2, -0.15) is 0 Å². The van der Waals surface area contributed by atoms with Gasteiger partial charge in [0, 0.05) is 12.2 Å². The van der Waals surface area contributed by atoms with E-state index in [0.717, 1.165) is 40.7 Å². The number of aromatic nitrogens is 3. The largest absolute Gasteiger partial charge is 0.497 e. The number of nitrogens with zero attached hydrogens (tertiary/aromatic N) is 3. The molecular weight excluding hydrogens is 314 g/mol. The van der Waals surface area contributed by atoms with Crippen molar-refractivity contribution in [1.82, 2.24) is 19.9 Å². The molecule has 0 radical (unpaired) electrons. The Balaban J connectivity index is 1.84. The number of aromatic amines is 1. The fraction of sp³-hybridized carbons (Fsp3) is 0.368. The summed E-state index contributed by atoms with van der Waals surface area (Å²) in [7, 11) is 5.84. The van der Waals surface area contributed by atoms with Crippen molar-refractivity contribution in [3.63, 3.8) is 0 Å². The second-order valence-electron chi connectivity index (χ2n) is 6.47. The molecule has 25 heavy (non-hydrogen) atoms. The van der Waals surface area contributed by atoms with E-state index in [1.165, 1.54) is 5.56 Å². The third-order valence-corrected chi connectivity index (χ3v) is 4.32.